The minimum atomic E-state index is -0.693. The van der Waals surface area contributed by atoms with Crippen LogP contribution in [-0.4, -0.2) is 75.2 Å². The minimum absolute atomic E-state index is 0.00178. The summed E-state index contributed by atoms with van der Waals surface area (Å²) < 4.78 is 28.3. The van der Waals surface area contributed by atoms with Gasteiger partial charge in [-0.25, -0.2) is 14.4 Å². The topological polar surface area (TPSA) is 102 Å². The molecule has 3 aliphatic heterocycles. The Balaban J connectivity index is 1.41. The van der Waals surface area contributed by atoms with Crippen molar-refractivity contribution in [3.05, 3.63) is 51.7 Å². The number of anilines is 1. The summed E-state index contributed by atoms with van der Waals surface area (Å²) in [6.07, 6.45) is 2.36. The summed E-state index contributed by atoms with van der Waals surface area (Å²) >= 11 is 0. The number of fused-ring (bicyclic) bond motifs is 3. The minimum Gasteiger partial charge on any atom is -0.389 e. The molecule has 0 unspecified atom stereocenters. The molecule has 4 atom stereocenters. The maximum absolute atomic E-state index is 15.0. The van der Waals surface area contributed by atoms with Crippen molar-refractivity contribution in [1.29, 1.82) is 0 Å². The molecular formula is C28H34FN5O4. The van der Waals surface area contributed by atoms with E-state index in [-0.39, 0.29) is 41.9 Å². The molecule has 0 radical (unpaired) electrons. The summed E-state index contributed by atoms with van der Waals surface area (Å²) in [5.41, 5.74) is 3.20. The average molecular weight is 524 g/mol. The van der Waals surface area contributed by atoms with Crippen LogP contribution in [0.3, 0.4) is 0 Å². The number of nitrogens with one attached hydrogen (secondary N) is 1. The number of aromatic nitrogens is 3. The number of nitrogens with zero attached hydrogens (tertiary/aromatic N) is 4. The van der Waals surface area contributed by atoms with Gasteiger partial charge in [-0.3, -0.25) is 9.69 Å². The van der Waals surface area contributed by atoms with Crippen LogP contribution >= 0.6 is 0 Å². The molecule has 5 heterocycles. The van der Waals surface area contributed by atoms with Crippen LogP contribution in [-0.2, 0) is 16.0 Å². The zero-order valence-electron chi connectivity index (χ0n) is 22.0. The Morgan fingerprint density at radius 1 is 1.29 bits per heavy atom. The van der Waals surface area contributed by atoms with Crippen LogP contribution in [0.25, 0.3) is 22.2 Å². The molecule has 2 aromatic heterocycles. The number of rotatable bonds is 6. The molecule has 0 saturated carbocycles. The number of aliphatic hydroxyl groups is 1. The van der Waals surface area contributed by atoms with E-state index >= 15 is 4.39 Å². The summed E-state index contributed by atoms with van der Waals surface area (Å²) in [5, 5.41) is 14.0. The van der Waals surface area contributed by atoms with Gasteiger partial charge in [-0.1, -0.05) is 6.07 Å². The van der Waals surface area contributed by atoms with E-state index in [4.69, 9.17) is 9.47 Å². The number of aliphatic hydroxyl groups excluding tert-OH is 1. The summed E-state index contributed by atoms with van der Waals surface area (Å²) in [7, 11) is 0. The highest BCUT2D eigenvalue weighted by molar-refractivity contribution is 5.85. The van der Waals surface area contributed by atoms with E-state index in [1.807, 2.05) is 13.0 Å². The molecule has 202 valence electrons. The number of benzene rings is 1. The molecule has 2 bridgehead atoms. The fraction of sp³-hybridized carbons (Fsp3) is 0.536. The largest absolute Gasteiger partial charge is 0.389 e. The summed E-state index contributed by atoms with van der Waals surface area (Å²) in [6, 6.07) is 5.56. The summed E-state index contributed by atoms with van der Waals surface area (Å²) in [4.78, 5) is 24.5. The molecule has 38 heavy (non-hydrogen) atoms. The van der Waals surface area contributed by atoms with Crippen LogP contribution in [0.2, 0.25) is 0 Å². The zero-order valence-corrected chi connectivity index (χ0v) is 22.0. The molecule has 0 aliphatic carbocycles. The second-order valence-corrected chi connectivity index (χ2v) is 10.9. The Morgan fingerprint density at radius 2 is 2.13 bits per heavy atom. The predicted octanol–water partition coefficient (Wildman–Crippen LogP) is 3.02. The highest BCUT2D eigenvalue weighted by atomic mass is 19.1. The van der Waals surface area contributed by atoms with E-state index < -0.39 is 11.9 Å². The Bertz CT molecular complexity index is 1430. The van der Waals surface area contributed by atoms with Crippen LogP contribution in [0.4, 0.5) is 10.3 Å². The third kappa shape index (κ3) is 4.49. The molecule has 0 spiro atoms. The maximum atomic E-state index is 15.0. The van der Waals surface area contributed by atoms with Gasteiger partial charge in [0.15, 0.2) is 11.2 Å². The molecule has 3 saturated heterocycles. The highest BCUT2D eigenvalue weighted by Gasteiger charge is 2.39. The van der Waals surface area contributed by atoms with Crippen molar-refractivity contribution in [2.45, 2.75) is 70.5 Å². The quantitative estimate of drug-likeness (QED) is 0.509. The molecule has 3 aliphatic rings. The smallest absolute Gasteiger partial charge is 0.223 e. The summed E-state index contributed by atoms with van der Waals surface area (Å²) in [5.74, 6) is -0.314. The number of ether oxygens (including phenoxy) is 2. The van der Waals surface area contributed by atoms with Crippen LogP contribution in [0.15, 0.2) is 29.2 Å². The zero-order chi connectivity index (χ0) is 26.6. The lowest BCUT2D eigenvalue weighted by molar-refractivity contribution is -0.0136. The summed E-state index contributed by atoms with van der Waals surface area (Å²) in [6.45, 7) is 9.15. The standard InChI is InChI=1S/C28H34FN5O4/c1-15(2)34-23-8-17(26-21(29)10-30-28(32-26)31-22-6-7-37-14-25(22)35)4-5-20(23)27(36)16(3)24(34)12-33-11-19-9-18(33)13-38-19/h4-5,8,10,15,18-19,22,25,35H,6-7,9,11-14H2,1-3H3,(H,30,31,32)/t18-,19-,22-,25-/m1/s1. The van der Waals surface area contributed by atoms with Gasteiger partial charge in [-0.15, -0.1) is 0 Å². The molecule has 9 nitrogen and oxygen atoms in total. The molecule has 0 amide bonds. The third-order valence-electron chi connectivity index (χ3n) is 8.11. The van der Waals surface area contributed by atoms with Gasteiger partial charge < -0.3 is 24.5 Å². The van der Waals surface area contributed by atoms with E-state index in [0.717, 1.165) is 42.5 Å². The normalized spacial score (nSPS) is 25.5. The number of hydrogen-bond donors (Lipinski definition) is 2. The Labute approximate surface area is 220 Å². The number of morpholine rings is 1. The van der Waals surface area contributed by atoms with E-state index in [9.17, 15) is 9.90 Å². The van der Waals surface area contributed by atoms with Gasteiger partial charge in [0.1, 0.15) is 5.69 Å². The van der Waals surface area contributed by atoms with Crippen molar-refractivity contribution < 1.29 is 19.0 Å². The number of halogens is 1. The van der Waals surface area contributed by atoms with Gasteiger partial charge in [-0.2, -0.15) is 0 Å². The Morgan fingerprint density at radius 3 is 2.84 bits per heavy atom. The average Bonchev–Trinajstić information content (AvgIpc) is 3.53. The Hall–Kier alpha value is -2.92. The van der Waals surface area contributed by atoms with Crippen molar-refractivity contribution in [1.82, 2.24) is 19.4 Å². The van der Waals surface area contributed by atoms with Crippen LogP contribution < -0.4 is 10.7 Å². The lowest BCUT2D eigenvalue weighted by Gasteiger charge is -2.30. The first-order valence-electron chi connectivity index (χ1n) is 13.4. The van der Waals surface area contributed by atoms with E-state index in [2.05, 4.69) is 38.6 Å². The first kappa shape index (κ1) is 25.4. The maximum Gasteiger partial charge on any atom is 0.223 e. The van der Waals surface area contributed by atoms with Gasteiger partial charge in [0.25, 0.3) is 0 Å². The first-order valence-corrected chi connectivity index (χ1v) is 13.4. The number of hydrogen-bond acceptors (Lipinski definition) is 8. The first-order chi connectivity index (χ1) is 18.3. The molecule has 3 aromatic rings. The van der Waals surface area contributed by atoms with Crippen molar-refractivity contribution in [2.24, 2.45) is 0 Å². The van der Waals surface area contributed by atoms with Crippen LogP contribution in [0, 0.1) is 12.7 Å². The van der Waals surface area contributed by atoms with Crippen molar-refractivity contribution in [3.63, 3.8) is 0 Å². The SMILES string of the molecule is Cc1c(CN2C[C@H]3C[C@@H]2CO3)n(C(C)C)c2cc(-c3nc(N[C@@H]4CCOC[C@H]4O)ncc3F)ccc2c1=O. The molecule has 6 rings (SSSR count). The van der Waals surface area contributed by atoms with E-state index in [1.54, 1.807) is 12.1 Å². The lowest BCUT2D eigenvalue weighted by Crippen LogP contribution is -2.42. The van der Waals surface area contributed by atoms with E-state index in [0.29, 0.717) is 36.6 Å². The van der Waals surface area contributed by atoms with Gasteiger partial charge >= 0.3 is 0 Å². The number of likely N-dealkylation sites (tertiary alicyclic amines) is 1. The lowest BCUT2D eigenvalue weighted by atomic mass is 10.0. The molecular weight excluding hydrogens is 489 g/mol. The number of pyridine rings is 1. The second-order valence-electron chi connectivity index (χ2n) is 10.9. The van der Waals surface area contributed by atoms with Gasteiger partial charge in [0.2, 0.25) is 5.95 Å². The molecule has 10 heteroatoms. The second kappa shape index (κ2) is 10.00. The van der Waals surface area contributed by atoms with Crippen molar-refractivity contribution in [2.75, 3.05) is 31.7 Å². The van der Waals surface area contributed by atoms with Crippen LogP contribution in [0.5, 0.6) is 0 Å². The molecule has 3 fully saturated rings. The predicted molar refractivity (Wildman–Crippen MR) is 142 cm³/mol. The molecule has 1 aromatic carbocycles. The van der Waals surface area contributed by atoms with Gasteiger partial charge in [-0.05, 0) is 45.7 Å². The molecule has 2 N–H and O–H groups in total. The third-order valence-corrected chi connectivity index (χ3v) is 8.11. The van der Waals surface area contributed by atoms with Gasteiger partial charge in [0.05, 0.1) is 43.2 Å². The fourth-order valence-electron chi connectivity index (χ4n) is 6.08. The fourth-order valence-corrected chi connectivity index (χ4v) is 6.08. The monoisotopic (exact) mass is 523 g/mol. The highest BCUT2D eigenvalue weighted by Crippen LogP contribution is 2.32. The van der Waals surface area contributed by atoms with Gasteiger partial charge in [0, 0.05) is 54.0 Å². The van der Waals surface area contributed by atoms with E-state index in [1.165, 1.54) is 0 Å². The van der Waals surface area contributed by atoms with Crippen molar-refractivity contribution >= 4 is 16.9 Å². The van der Waals surface area contributed by atoms with Crippen LogP contribution in [0.1, 0.15) is 44.0 Å². The van der Waals surface area contributed by atoms with Crippen molar-refractivity contribution in [3.8, 4) is 11.3 Å². The Kier molecular flexibility index (Phi) is 6.67.